The number of nitrogens with zero attached hydrogens (tertiary/aromatic N) is 2. The molecule has 0 radical (unpaired) electrons. The van der Waals surface area contributed by atoms with Gasteiger partial charge in [-0.25, -0.2) is 9.18 Å². The van der Waals surface area contributed by atoms with Gasteiger partial charge in [0.25, 0.3) is 5.56 Å². The van der Waals surface area contributed by atoms with Crippen molar-refractivity contribution in [2.24, 2.45) is 0 Å². The van der Waals surface area contributed by atoms with Crippen molar-refractivity contribution in [1.29, 1.82) is 5.26 Å². The van der Waals surface area contributed by atoms with Gasteiger partial charge in [-0.15, -0.1) is 11.8 Å². The lowest BCUT2D eigenvalue weighted by Crippen LogP contribution is -2.22. The second kappa shape index (κ2) is 7.42. The van der Waals surface area contributed by atoms with Crippen molar-refractivity contribution < 1.29 is 13.9 Å². The van der Waals surface area contributed by atoms with Crippen LogP contribution in [0.15, 0.2) is 58.4 Å². The van der Waals surface area contributed by atoms with Gasteiger partial charge in [0.1, 0.15) is 24.1 Å². The lowest BCUT2D eigenvalue weighted by molar-refractivity contribution is 0.0470. The Bertz CT molecular complexity index is 1080. The number of hydrogen-bond acceptors (Lipinski definition) is 5. The van der Waals surface area contributed by atoms with E-state index in [1.807, 2.05) is 6.07 Å². The number of carbonyl (C=O) groups is 1. The van der Waals surface area contributed by atoms with Crippen LogP contribution in [0, 0.1) is 17.1 Å². The maximum absolute atomic E-state index is 13.0. The van der Waals surface area contributed by atoms with Crippen LogP contribution in [0.2, 0.25) is 0 Å². The Morgan fingerprint density at radius 1 is 1.27 bits per heavy atom. The van der Waals surface area contributed by atoms with Crippen LogP contribution in [0.4, 0.5) is 4.39 Å². The van der Waals surface area contributed by atoms with Gasteiger partial charge in [-0.1, -0.05) is 18.2 Å². The molecule has 7 heteroatoms. The molecule has 0 unspecified atom stereocenters. The number of nitriles is 1. The maximum atomic E-state index is 13.0. The zero-order valence-corrected chi connectivity index (χ0v) is 14.5. The molecule has 0 amide bonds. The van der Waals surface area contributed by atoms with Gasteiger partial charge in [-0.2, -0.15) is 5.26 Å². The highest BCUT2D eigenvalue weighted by Gasteiger charge is 2.23. The second-order valence-electron chi connectivity index (χ2n) is 5.36. The number of aromatic nitrogens is 1. The van der Waals surface area contributed by atoms with E-state index in [0.29, 0.717) is 11.1 Å². The van der Waals surface area contributed by atoms with Crippen LogP contribution in [0.5, 0.6) is 0 Å². The molecule has 1 aromatic carbocycles. The van der Waals surface area contributed by atoms with E-state index in [1.165, 1.54) is 34.9 Å². The monoisotopic (exact) mass is 368 g/mol. The Balaban J connectivity index is 2.06. The molecule has 0 atom stereocenters. The average Bonchev–Trinajstić information content (AvgIpc) is 2.67. The highest BCUT2D eigenvalue weighted by atomic mass is 32.2. The summed E-state index contributed by atoms with van der Waals surface area (Å²) in [7, 11) is 0. The molecule has 0 aliphatic carbocycles. The van der Waals surface area contributed by atoms with E-state index in [-0.39, 0.29) is 28.4 Å². The number of benzene rings is 1. The van der Waals surface area contributed by atoms with Crippen LogP contribution in [0.3, 0.4) is 0 Å². The maximum Gasteiger partial charge on any atom is 0.341 e. The summed E-state index contributed by atoms with van der Waals surface area (Å²) in [6.07, 6.45) is 3.19. The number of esters is 1. The van der Waals surface area contributed by atoms with Crippen molar-refractivity contribution in [3.63, 3.8) is 0 Å². The average molecular weight is 368 g/mol. The van der Waals surface area contributed by atoms with Crippen LogP contribution < -0.4 is 5.56 Å². The number of ether oxygens (including phenoxy) is 1. The molecule has 0 spiro atoms. The van der Waals surface area contributed by atoms with Crippen molar-refractivity contribution in [2.45, 2.75) is 11.5 Å². The lowest BCUT2D eigenvalue weighted by Gasteiger charge is -2.13. The van der Waals surface area contributed by atoms with Crippen LogP contribution in [0.1, 0.15) is 21.5 Å². The van der Waals surface area contributed by atoms with Crippen molar-refractivity contribution in [3.8, 4) is 6.07 Å². The first-order valence-corrected chi connectivity index (χ1v) is 8.82. The van der Waals surface area contributed by atoms with Gasteiger partial charge in [0.05, 0.1) is 11.1 Å². The van der Waals surface area contributed by atoms with E-state index in [0.717, 1.165) is 11.8 Å². The van der Waals surface area contributed by atoms with Crippen molar-refractivity contribution in [2.75, 3.05) is 6.26 Å². The fraction of sp³-hybridized carbons (Fsp3) is 0.105. The van der Waals surface area contributed by atoms with Crippen LogP contribution >= 0.6 is 11.8 Å². The Labute approximate surface area is 152 Å². The molecular weight excluding hydrogens is 355 g/mol. The topological polar surface area (TPSA) is 71.6 Å². The summed E-state index contributed by atoms with van der Waals surface area (Å²) in [6, 6.07) is 12.4. The summed E-state index contributed by atoms with van der Waals surface area (Å²) in [5, 5.41) is 9.37. The van der Waals surface area contributed by atoms with Crippen LogP contribution in [-0.2, 0) is 11.3 Å². The van der Waals surface area contributed by atoms with Gasteiger partial charge < -0.3 is 4.74 Å². The first-order valence-electron chi connectivity index (χ1n) is 7.60. The molecule has 0 fully saturated rings. The molecule has 0 aliphatic heterocycles. The zero-order valence-electron chi connectivity index (χ0n) is 13.7. The van der Waals surface area contributed by atoms with Crippen molar-refractivity contribution >= 4 is 23.2 Å². The van der Waals surface area contributed by atoms with Crippen LogP contribution in [-0.4, -0.2) is 16.6 Å². The SMILES string of the molecule is CSc1c(C#N)c(=O)n2ccccc2c1C(=O)OCc1ccc(F)cc1. The molecule has 0 N–H and O–H groups in total. The van der Waals surface area contributed by atoms with Gasteiger partial charge in [-0.05, 0) is 36.1 Å². The number of pyridine rings is 2. The first kappa shape index (κ1) is 17.7. The molecule has 0 aliphatic rings. The number of fused-ring (bicyclic) bond motifs is 1. The minimum absolute atomic E-state index is 0.0487. The van der Waals surface area contributed by atoms with E-state index >= 15 is 0 Å². The highest BCUT2D eigenvalue weighted by Crippen LogP contribution is 2.27. The molecule has 26 heavy (non-hydrogen) atoms. The number of rotatable bonds is 4. The fourth-order valence-electron chi connectivity index (χ4n) is 2.58. The third-order valence-corrected chi connectivity index (χ3v) is 4.62. The number of thioether (sulfide) groups is 1. The van der Waals surface area contributed by atoms with E-state index in [1.54, 1.807) is 24.5 Å². The zero-order chi connectivity index (χ0) is 18.7. The van der Waals surface area contributed by atoms with E-state index in [2.05, 4.69) is 0 Å². The molecule has 2 aromatic heterocycles. The second-order valence-corrected chi connectivity index (χ2v) is 6.18. The Morgan fingerprint density at radius 3 is 2.65 bits per heavy atom. The fourth-order valence-corrected chi connectivity index (χ4v) is 3.31. The normalized spacial score (nSPS) is 10.5. The largest absolute Gasteiger partial charge is 0.457 e. The summed E-state index contributed by atoms with van der Waals surface area (Å²) in [5.41, 5.74) is 0.571. The van der Waals surface area contributed by atoms with Gasteiger partial charge in [0.15, 0.2) is 0 Å². The number of hydrogen-bond donors (Lipinski definition) is 0. The summed E-state index contributed by atoms with van der Waals surface area (Å²) in [5.74, 6) is -1.03. The standard InChI is InChI=1S/C19H13FN2O3S/c1-26-17-14(10-21)18(23)22-9-3-2-4-15(22)16(17)19(24)25-11-12-5-7-13(20)8-6-12/h2-9H,11H2,1H3. The predicted octanol–water partition coefficient (Wildman–Crippen LogP) is 3.39. The molecule has 3 rings (SSSR count). The third-order valence-electron chi connectivity index (χ3n) is 3.81. The lowest BCUT2D eigenvalue weighted by atomic mass is 10.1. The van der Waals surface area contributed by atoms with Gasteiger partial charge in [-0.3, -0.25) is 9.20 Å². The number of halogens is 1. The van der Waals surface area contributed by atoms with E-state index < -0.39 is 11.5 Å². The number of carbonyl (C=O) groups excluding carboxylic acids is 1. The molecule has 3 aromatic rings. The predicted molar refractivity (Wildman–Crippen MR) is 95.7 cm³/mol. The summed E-state index contributed by atoms with van der Waals surface area (Å²) in [4.78, 5) is 25.5. The Morgan fingerprint density at radius 2 is 2.00 bits per heavy atom. The van der Waals surface area contributed by atoms with Gasteiger partial charge in [0.2, 0.25) is 0 Å². The molecule has 0 saturated carbocycles. The minimum atomic E-state index is -0.654. The van der Waals surface area contributed by atoms with Crippen LogP contribution in [0.25, 0.3) is 5.52 Å². The molecule has 0 bridgehead atoms. The third kappa shape index (κ3) is 3.19. The van der Waals surface area contributed by atoms with Gasteiger partial charge in [0, 0.05) is 11.1 Å². The first-order chi connectivity index (χ1) is 12.6. The van der Waals surface area contributed by atoms with Gasteiger partial charge >= 0.3 is 5.97 Å². The van der Waals surface area contributed by atoms with E-state index in [4.69, 9.17) is 4.74 Å². The molecule has 2 heterocycles. The minimum Gasteiger partial charge on any atom is -0.457 e. The van der Waals surface area contributed by atoms with Crippen molar-refractivity contribution in [3.05, 3.63) is 81.5 Å². The molecular formula is C19H13FN2O3S. The molecule has 130 valence electrons. The molecule has 0 saturated heterocycles. The Kier molecular flexibility index (Phi) is 5.05. The summed E-state index contributed by atoms with van der Waals surface area (Å²) in [6.45, 7) is -0.0487. The quantitative estimate of drug-likeness (QED) is 0.521. The molecule has 5 nitrogen and oxygen atoms in total. The van der Waals surface area contributed by atoms with Crippen molar-refractivity contribution in [1.82, 2.24) is 4.40 Å². The highest BCUT2D eigenvalue weighted by molar-refractivity contribution is 7.98. The Hall–Kier alpha value is -3.11. The van der Waals surface area contributed by atoms with E-state index in [9.17, 15) is 19.2 Å². The summed E-state index contributed by atoms with van der Waals surface area (Å²) < 4.78 is 19.6. The summed E-state index contributed by atoms with van der Waals surface area (Å²) >= 11 is 1.14. The smallest absolute Gasteiger partial charge is 0.341 e.